The van der Waals surface area contributed by atoms with Gasteiger partial charge in [0.2, 0.25) is 41.4 Å². The maximum atomic E-state index is 14.9. The second-order valence-electron chi connectivity index (χ2n) is 19.8. The first-order chi connectivity index (χ1) is 35.9. The molecule has 0 unspecified atom stereocenters. The molecule has 27 heteroatoms. The van der Waals surface area contributed by atoms with Crippen molar-refractivity contribution in [1.29, 1.82) is 0 Å². The van der Waals surface area contributed by atoms with Crippen molar-refractivity contribution in [2.24, 2.45) is 66.9 Å². The molecule has 2 aromatic rings. The molecule has 8 atom stereocenters. The van der Waals surface area contributed by atoms with Crippen LogP contribution in [-0.2, 0) is 44.8 Å². The van der Waals surface area contributed by atoms with Crippen molar-refractivity contribution in [1.82, 2.24) is 41.8 Å². The minimum atomic E-state index is -1.35. The Labute approximate surface area is 442 Å². The molecular weight excluding hydrogens is 985 g/mol. The number of carboxylic acid groups (broad SMARTS) is 1. The molecule has 1 aromatic heterocycles. The normalized spacial score (nSPS) is 15.9. The Morgan fingerprint density at radius 1 is 0.632 bits per heavy atom. The SMILES string of the molecule is CC(C)C[C@H](NC(=O)[C@H](C)NC(=O)[C@@H](N)CCCN=C(N)N)C(=O)N[C@@H](Cc1c[nH]c2ccccc12)C(=O)N1CCC[C@H]1C(=O)N[C@@H](CC(C)C)C(=O)N[C@@H](CCCN=C(N)N)C(=O)N[C@@H](CCCN=C(N)N)C(=O)O. The fourth-order valence-electron chi connectivity index (χ4n) is 8.58. The first kappa shape index (κ1) is 62.6. The minimum absolute atomic E-state index is 0.0128. The number of carboxylic acids is 1. The number of aliphatic imine (C=N–C) groups is 3. The number of para-hydroxylation sites is 1. The highest BCUT2D eigenvalue weighted by molar-refractivity contribution is 5.98. The Morgan fingerprint density at radius 2 is 1.12 bits per heavy atom. The molecule has 0 aliphatic carbocycles. The molecule has 422 valence electrons. The van der Waals surface area contributed by atoms with E-state index in [4.69, 9.17) is 40.1 Å². The number of guanidine groups is 3. The van der Waals surface area contributed by atoms with Crippen molar-refractivity contribution in [2.75, 3.05) is 26.2 Å². The lowest BCUT2D eigenvalue weighted by molar-refractivity contribution is -0.143. The Hall–Kier alpha value is -7.71. The molecule has 0 saturated carbocycles. The van der Waals surface area contributed by atoms with Crippen LogP contribution in [0.4, 0.5) is 0 Å². The van der Waals surface area contributed by atoms with Crippen molar-refractivity contribution >= 4 is 76.1 Å². The highest BCUT2D eigenvalue weighted by Crippen LogP contribution is 2.24. The van der Waals surface area contributed by atoms with E-state index < -0.39 is 95.7 Å². The van der Waals surface area contributed by atoms with Gasteiger partial charge >= 0.3 is 5.97 Å². The number of carbonyl (C=O) groups excluding carboxylic acids is 7. The van der Waals surface area contributed by atoms with Crippen LogP contribution in [0.1, 0.15) is 104 Å². The lowest BCUT2D eigenvalue weighted by Crippen LogP contribution is -2.60. The highest BCUT2D eigenvalue weighted by atomic mass is 16.4. The van der Waals surface area contributed by atoms with Crippen LogP contribution >= 0.6 is 0 Å². The number of rotatable bonds is 32. The molecule has 7 amide bonds. The number of aromatic amines is 1. The first-order valence-electron chi connectivity index (χ1n) is 25.7. The number of fused-ring (bicyclic) bond motifs is 1. The molecule has 1 aromatic carbocycles. The summed E-state index contributed by atoms with van der Waals surface area (Å²) in [5.41, 5.74) is 40.0. The van der Waals surface area contributed by atoms with Gasteiger partial charge < -0.3 is 87.0 Å². The zero-order valence-electron chi connectivity index (χ0n) is 44.3. The van der Waals surface area contributed by atoms with E-state index in [0.717, 1.165) is 10.9 Å². The van der Waals surface area contributed by atoms with Gasteiger partial charge in [-0.05, 0) is 94.6 Å². The molecular formula is C49H82N18O9. The number of benzene rings is 1. The average molecular weight is 1070 g/mol. The van der Waals surface area contributed by atoms with Crippen LogP contribution in [0, 0.1) is 11.8 Å². The summed E-state index contributed by atoms with van der Waals surface area (Å²) in [6.07, 6.45) is 3.64. The third kappa shape index (κ3) is 21.3. The summed E-state index contributed by atoms with van der Waals surface area (Å²) in [5, 5.41) is 26.9. The van der Waals surface area contributed by atoms with E-state index in [1.54, 1.807) is 6.20 Å². The number of carbonyl (C=O) groups is 8. The second-order valence-corrected chi connectivity index (χ2v) is 19.8. The number of aromatic nitrogens is 1. The van der Waals surface area contributed by atoms with Gasteiger partial charge in [-0.2, -0.15) is 0 Å². The number of likely N-dealkylation sites (tertiary alicyclic amines) is 1. The quantitative estimate of drug-likeness (QED) is 0.0201. The van der Waals surface area contributed by atoms with Crippen molar-refractivity contribution < 1.29 is 43.5 Å². The number of hydrogen-bond donors (Lipinski definition) is 15. The molecule has 3 rings (SSSR count). The van der Waals surface area contributed by atoms with Crippen LogP contribution in [0.2, 0.25) is 0 Å². The van der Waals surface area contributed by atoms with Gasteiger partial charge in [-0.25, -0.2) is 4.79 Å². The van der Waals surface area contributed by atoms with E-state index in [9.17, 15) is 43.5 Å². The summed E-state index contributed by atoms with van der Waals surface area (Å²) in [4.78, 5) is 127. The molecule has 27 nitrogen and oxygen atoms in total. The lowest BCUT2D eigenvalue weighted by atomic mass is 9.99. The van der Waals surface area contributed by atoms with Crippen molar-refractivity contribution in [3.8, 4) is 0 Å². The van der Waals surface area contributed by atoms with E-state index in [1.165, 1.54) is 11.8 Å². The maximum absolute atomic E-state index is 14.9. The Kier molecular flexibility index (Phi) is 25.7. The van der Waals surface area contributed by atoms with Gasteiger partial charge in [0.25, 0.3) is 0 Å². The van der Waals surface area contributed by atoms with Gasteiger partial charge in [0.15, 0.2) is 17.9 Å². The topological polar surface area (TPSA) is 467 Å². The van der Waals surface area contributed by atoms with E-state index in [-0.39, 0.29) is 114 Å². The summed E-state index contributed by atoms with van der Waals surface area (Å²) < 4.78 is 0. The summed E-state index contributed by atoms with van der Waals surface area (Å²) in [7, 11) is 0. The largest absolute Gasteiger partial charge is 0.480 e. The van der Waals surface area contributed by atoms with Crippen LogP contribution in [-0.4, -0.2) is 155 Å². The molecule has 0 radical (unpaired) electrons. The Morgan fingerprint density at radius 3 is 1.67 bits per heavy atom. The van der Waals surface area contributed by atoms with Gasteiger partial charge in [-0.15, -0.1) is 0 Å². The van der Waals surface area contributed by atoms with Crippen LogP contribution < -0.4 is 72.0 Å². The summed E-state index contributed by atoms with van der Waals surface area (Å²) in [6.45, 7) is 9.42. The number of hydrogen-bond acceptors (Lipinski definition) is 12. The summed E-state index contributed by atoms with van der Waals surface area (Å²) in [5.74, 6) is -6.78. The number of nitrogens with zero attached hydrogens (tertiary/aromatic N) is 4. The average Bonchev–Trinajstić information content (AvgIpc) is 4.01. The maximum Gasteiger partial charge on any atom is 0.326 e. The minimum Gasteiger partial charge on any atom is -0.480 e. The molecule has 1 aliphatic heterocycles. The van der Waals surface area contributed by atoms with E-state index in [2.05, 4.69) is 51.9 Å². The number of amides is 7. The number of aliphatic carboxylic acids is 1. The fraction of sp³-hybridized carbons (Fsp3) is 0.612. The molecule has 76 heavy (non-hydrogen) atoms. The van der Waals surface area contributed by atoms with Crippen LogP contribution in [0.25, 0.3) is 10.9 Å². The molecule has 1 saturated heterocycles. The smallest absolute Gasteiger partial charge is 0.326 e. The first-order valence-corrected chi connectivity index (χ1v) is 25.7. The molecule has 0 bridgehead atoms. The summed E-state index contributed by atoms with van der Waals surface area (Å²) in [6, 6.07) is -2.01. The lowest BCUT2D eigenvalue weighted by Gasteiger charge is -2.31. The monoisotopic (exact) mass is 1070 g/mol. The number of nitrogens with two attached hydrogens (primary N) is 7. The van der Waals surface area contributed by atoms with Crippen molar-refractivity contribution in [2.45, 2.75) is 154 Å². The summed E-state index contributed by atoms with van der Waals surface area (Å²) >= 11 is 0. The zero-order valence-corrected chi connectivity index (χ0v) is 44.3. The number of H-pyrrole nitrogens is 1. The fourth-order valence-corrected chi connectivity index (χ4v) is 8.58. The van der Waals surface area contributed by atoms with Gasteiger partial charge in [0, 0.05) is 49.7 Å². The molecule has 2 heterocycles. The van der Waals surface area contributed by atoms with Gasteiger partial charge in [-0.3, -0.25) is 48.5 Å². The molecule has 1 fully saturated rings. The predicted octanol–water partition coefficient (Wildman–Crippen LogP) is -2.71. The van der Waals surface area contributed by atoms with E-state index in [0.29, 0.717) is 18.4 Å². The van der Waals surface area contributed by atoms with Gasteiger partial charge in [0.05, 0.1) is 6.04 Å². The number of nitrogens with one attached hydrogen (secondary N) is 7. The molecule has 22 N–H and O–H groups in total. The highest BCUT2D eigenvalue weighted by Gasteiger charge is 2.41. The van der Waals surface area contributed by atoms with E-state index >= 15 is 0 Å². The molecule has 1 aliphatic rings. The zero-order chi connectivity index (χ0) is 56.6. The second kappa shape index (κ2) is 31.2. The predicted molar refractivity (Wildman–Crippen MR) is 288 cm³/mol. The van der Waals surface area contributed by atoms with Crippen molar-refractivity contribution in [3.05, 3.63) is 36.0 Å². The third-order valence-corrected chi connectivity index (χ3v) is 12.4. The van der Waals surface area contributed by atoms with Crippen LogP contribution in [0.15, 0.2) is 45.4 Å². The van der Waals surface area contributed by atoms with Crippen molar-refractivity contribution in [3.63, 3.8) is 0 Å². The Bertz CT molecular complexity index is 2380. The van der Waals surface area contributed by atoms with Gasteiger partial charge in [0.1, 0.15) is 42.3 Å². The standard InChI is InChI=1S/C49H82N18O9/c1-26(2)22-35(64-39(68)28(5)61-40(69)31(50)13-8-18-57-47(51)52)43(72)66-37(24-29-25-60-32-14-7-6-12-30(29)32)45(74)67-21-11-17-38(67)44(73)65-36(23-27(3)4)42(71)62-33(15-9-19-58-48(53)54)41(70)63-34(46(75)76)16-10-20-59-49(55)56/h6-7,12,14,25-28,31,33-38,60H,8-11,13,15-24,50H2,1-5H3,(H,61,69)(H,62,71)(H,63,70)(H,64,68)(H,65,73)(H,66,72)(H,75,76)(H4,51,52,57)(H4,53,54,58)(H4,55,56,59)/t28-,31-,33-,34-,35-,36-,37-,38-/m0/s1. The Balaban J connectivity index is 1.88. The van der Waals surface area contributed by atoms with E-state index in [1.807, 2.05) is 52.0 Å². The van der Waals surface area contributed by atoms with Crippen LogP contribution in [0.3, 0.4) is 0 Å². The van der Waals surface area contributed by atoms with Crippen LogP contribution in [0.5, 0.6) is 0 Å². The van der Waals surface area contributed by atoms with Gasteiger partial charge in [-0.1, -0.05) is 45.9 Å². The third-order valence-electron chi connectivity index (χ3n) is 12.4. The molecule has 0 spiro atoms.